The van der Waals surface area contributed by atoms with Crippen LogP contribution in [0.1, 0.15) is 61.9 Å². The van der Waals surface area contributed by atoms with Gasteiger partial charge in [-0.15, -0.1) is 34.9 Å². The largest absolute Gasteiger partial charge is 0.507 e. The van der Waals surface area contributed by atoms with E-state index >= 15 is 0 Å². The number of para-hydroxylation sites is 1. The number of aryl methyl sites for hydroxylation is 3. The maximum Gasteiger partial charge on any atom is 0.143 e. The molecule has 0 unspecified atom stereocenters. The Hall–Kier alpha value is -3.27. The first-order valence-corrected chi connectivity index (χ1v) is 12.9. The van der Waals surface area contributed by atoms with Gasteiger partial charge in [0.1, 0.15) is 11.6 Å². The average Bonchev–Trinajstić information content (AvgIpc) is 3.34. The summed E-state index contributed by atoms with van der Waals surface area (Å²) in [4.78, 5) is 8.97. The minimum Gasteiger partial charge on any atom is -0.507 e. The van der Waals surface area contributed by atoms with E-state index in [4.69, 9.17) is 4.98 Å². The Morgan fingerprint density at radius 1 is 0.868 bits per heavy atom. The minimum atomic E-state index is 0. The van der Waals surface area contributed by atoms with Crippen molar-refractivity contribution in [3.8, 4) is 28.4 Å². The third-order valence-electron chi connectivity index (χ3n) is 6.55. The summed E-state index contributed by atoms with van der Waals surface area (Å²) < 4.78 is 2.04. The number of benzene rings is 3. The van der Waals surface area contributed by atoms with Crippen LogP contribution in [-0.4, -0.2) is 19.6 Å². The van der Waals surface area contributed by atoms with Crippen molar-refractivity contribution in [3.05, 3.63) is 102 Å². The molecule has 199 valence electrons. The molecular weight excluding hydrogens is 647 g/mol. The molecule has 5 rings (SSSR count). The molecule has 0 fully saturated rings. The van der Waals surface area contributed by atoms with Crippen LogP contribution < -0.4 is 0 Å². The molecule has 0 aliphatic carbocycles. The zero-order valence-electron chi connectivity index (χ0n) is 23.2. The predicted octanol–water partition coefficient (Wildman–Crippen LogP) is 8.58. The van der Waals surface area contributed by atoms with Crippen molar-refractivity contribution in [2.24, 2.45) is 0 Å². The van der Waals surface area contributed by atoms with Crippen molar-refractivity contribution < 1.29 is 25.2 Å². The molecule has 0 amide bonds. The smallest absolute Gasteiger partial charge is 0.143 e. The van der Waals surface area contributed by atoms with Crippen LogP contribution in [0.25, 0.3) is 33.4 Å². The zero-order valence-corrected chi connectivity index (χ0v) is 25.6. The van der Waals surface area contributed by atoms with Crippen LogP contribution in [-0.2, 0) is 20.1 Å². The number of rotatable bonds is 4. The van der Waals surface area contributed by atoms with Crippen LogP contribution in [0, 0.1) is 26.8 Å². The monoisotopic (exact) mass is 683 g/mol. The van der Waals surface area contributed by atoms with E-state index in [0.717, 1.165) is 28.2 Å². The molecule has 4 nitrogen and oxygen atoms in total. The quantitative estimate of drug-likeness (QED) is 0.193. The third kappa shape index (κ3) is 6.40. The molecule has 5 aromatic rings. The van der Waals surface area contributed by atoms with Gasteiger partial charge < -0.3 is 14.7 Å². The summed E-state index contributed by atoms with van der Waals surface area (Å²) in [5, 5.41) is 12.2. The summed E-state index contributed by atoms with van der Waals surface area (Å²) >= 11 is 0. The third-order valence-corrected chi connectivity index (χ3v) is 6.55. The number of aromatic nitrogens is 3. The van der Waals surface area contributed by atoms with Gasteiger partial charge in [0.2, 0.25) is 0 Å². The van der Waals surface area contributed by atoms with Crippen molar-refractivity contribution in [1.29, 1.82) is 0 Å². The number of pyridine rings is 1. The summed E-state index contributed by atoms with van der Waals surface area (Å²) in [6, 6.07) is 22.1. The predicted molar refractivity (Wildman–Crippen MR) is 154 cm³/mol. The fraction of sp³-hybridized carbons (Fsp3) is 0.273. The van der Waals surface area contributed by atoms with Gasteiger partial charge in [0.15, 0.2) is 0 Å². The topological polar surface area (TPSA) is 50.9 Å². The Morgan fingerprint density at radius 2 is 1.61 bits per heavy atom. The average molecular weight is 683 g/mol. The van der Waals surface area contributed by atoms with Crippen molar-refractivity contribution >= 4 is 10.8 Å². The molecule has 0 spiro atoms. The molecule has 38 heavy (non-hydrogen) atoms. The number of hydrogen-bond donors (Lipinski definition) is 1. The molecule has 3 aromatic carbocycles. The Bertz CT molecular complexity index is 1510. The summed E-state index contributed by atoms with van der Waals surface area (Å²) in [6.45, 7) is 15.0. The molecule has 0 aliphatic rings. The molecule has 0 saturated heterocycles. The number of phenolic OH excluding ortho intramolecular Hbond substituents is 1. The second-order valence-corrected chi connectivity index (χ2v) is 10.3. The Kier molecular flexibility index (Phi) is 9.65. The van der Waals surface area contributed by atoms with Gasteiger partial charge in [-0.25, -0.2) is 4.98 Å². The number of hydrogen-bond acceptors (Lipinski definition) is 3. The first kappa shape index (κ1) is 29.3. The normalized spacial score (nSPS) is 10.9. The molecule has 0 aliphatic heterocycles. The Labute approximate surface area is 240 Å². The van der Waals surface area contributed by atoms with Gasteiger partial charge in [-0.1, -0.05) is 58.0 Å². The van der Waals surface area contributed by atoms with Crippen LogP contribution in [0.4, 0.5) is 0 Å². The Balaban J connectivity index is 0.000000220. The van der Waals surface area contributed by atoms with E-state index in [1.807, 2.05) is 35.2 Å². The molecule has 0 atom stereocenters. The van der Waals surface area contributed by atoms with Gasteiger partial charge in [-0.05, 0) is 66.4 Å². The second kappa shape index (κ2) is 12.5. The molecular formula is C33H36IrN3O-. The first-order chi connectivity index (χ1) is 17.7. The summed E-state index contributed by atoms with van der Waals surface area (Å²) in [5.41, 5.74) is 7.89. The summed E-state index contributed by atoms with van der Waals surface area (Å²) in [7, 11) is 0. The SMILES string of the molecule is CC(C)n1ccnc1-c1ccccc1O.Cc1[c-]c(-c2ncc(C)c3cc(C(C)C)ccc23)cc(C)c1.[Ir]. The maximum absolute atomic E-state index is 9.74. The standard InChI is InChI=1S/C21H22N.C12H14N2O.Ir/c1-13(2)17-6-7-19-20(11-17)16(5)12-22-21(19)18-9-14(3)8-15(4)10-18;1-9(2)14-8-7-13-12(14)10-5-3-4-6-11(10)15;/h6-9,11-13H,1-5H3;3-9,15H,1-2H3;/q-1;;. The van der Waals surface area contributed by atoms with Crippen molar-refractivity contribution in [3.63, 3.8) is 0 Å². The van der Waals surface area contributed by atoms with Crippen molar-refractivity contribution in [2.75, 3.05) is 0 Å². The van der Waals surface area contributed by atoms with Crippen molar-refractivity contribution in [1.82, 2.24) is 14.5 Å². The van der Waals surface area contributed by atoms with E-state index in [1.165, 1.54) is 27.5 Å². The Morgan fingerprint density at radius 3 is 2.26 bits per heavy atom. The van der Waals surface area contributed by atoms with Gasteiger partial charge in [0.05, 0.1) is 5.56 Å². The molecule has 5 heteroatoms. The second-order valence-electron chi connectivity index (χ2n) is 10.3. The first-order valence-electron chi connectivity index (χ1n) is 12.9. The number of fused-ring (bicyclic) bond motifs is 1. The van der Waals surface area contributed by atoms with E-state index in [0.29, 0.717) is 12.0 Å². The number of imidazole rings is 1. The van der Waals surface area contributed by atoms with Crippen LogP contribution in [0.15, 0.2) is 73.2 Å². The fourth-order valence-corrected chi connectivity index (χ4v) is 4.59. The zero-order chi connectivity index (χ0) is 26.7. The van der Waals surface area contributed by atoms with E-state index in [1.54, 1.807) is 12.3 Å². The number of nitrogens with zero attached hydrogens (tertiary/aromatic N) is 3. The van der Waals surface area contributed by atoms with E-state index in [9.17, 15) is 5.11 Å². The van der Waals surface area contributed by atoms with Crippen LogP contribution in [0.2, 0.25) is 0 Å². The van der Waals surface area contributed by atoms with Gasteiger partial charge in [-0.2, -0.15) is 0 Å². The summed E-state index contributed by atoms with van der Waals surface area (Å²) in [6.07, 6.45) is 5.65. The van der Waals surface area contributed by atoms with Crippen molar-refractivity contribution in [2.45, 2.75) is 60.4 Å². The van der Waals surface area contributed by atoms with Crippen LogP contribution in [0.5, 0.6) is 5.75 Å². The van der Waals surface area contributed by atoms with Gasteiger partial charge in [0, 0.05) is 44.7 Å². The molecule has 0 bridgehead atoms. The summed E-state index contributed by atoms with van der Waals surface area (Å²) in [5.74, 6) is 1.61. The molecule has 2 aromatic heterocycles. The molecule has 1 radical (unpaired) electrons. The molecule has 2 heterocycles. The number of phenols is 1. The van der Waals surface area contributed by atoms with Gasteiger partial charge in [0.25, 0.3) is 0 Å². The fourth-order valence-electron chi connectivity index (χ4n) is 4.59. The maximum atomic E-state index is 9.74. The van der Waals surface area contributed by atoms with Gasteiger partial charge in [-0.3, -0.25) is 0 Å². The molecule has 1 N–H and O–H groups in total. The van der Waals surface area contributed by atoms with E-state index in [2.05, 4.69) is 89.8 Å². The molecule has 0 saturated carbocycles. The van der Waals surface area contributed by atoms with Gasteiger partial charge >= 0.3 is 0 Å². The number of aromatic hydroxyl groups is 1. The van der Waals surface area contributed by atoms with E-state index < -0.39 is 0 Å². The van der Waals surface area contributed by atoms with Crippen LogP contribution >= 0.6 is 0 Å². The van der Waals surface area contributed by atoms with Crippen LogP contribution in [0.3, 0.4) is 0 Å². The van der Waals surface area contributed by atoms with E-state index in [-0.39, 0.29) is 25.9 Å². The minimum absolute atomic E-state index is 0.